The van der Waals surface area contributed by atoms with Crippen molar-refractivity contribution in [2.75, 3.05) is 13.1 Å². The molecule has 1 fully saturated rings. The van der Waals surface area contributed by atoms with Crippen LogP contribution in [-0.2, 0) is 0 Å². The first-order chi connectivity index (χ1) is 6.79. The van der Waals surface area contributed by atoms with Gasteiger partial charge in [0.25, 0.3) is 0 Å². The molecule has 1 heterocycles. The molecule has 0 aromatic heterocycles. The number of hydrogen-bond donors (Lipinski definition) is 2. The topological polar surface area (TPSA) is 52.6 Å². The van der Waals surface area contributed by atoms with E-state index in [0.717, 1.165) is 19.5 Å². The van der Waals surface area contributed by atoms with Crippen LogP contribution in [0.1, 0.15) is 34.1 Å². The lowest BCUT2D eigenvalue weighted by molar-refractivity contribution is 0.0637. The number of piperidine rings is 1. The van der Waals surface area contributed by atoms with Crippen LogP contribution in [0, 0.1) is 5.92 Å². The molecule has 2 atom stereocenters. The Labute approximate surface area is 91.6 Å². The number of carbonyl (C=O) groups is 1. The van der Waals surface area contributed by atoms with Gasteiger partial charge in [0.2, 0.25) is 0 Å². The van der Waals surface area contributed by atoms with Crippen molar-refractivity contribution in [1.29, 1.82) is 0 Å². The summed E-state index contributed by atoms with van der Waals surface area (Å²) in [5.41, 5.74) is 0.118. The minimum Gasteiger partial charge on any atom is -0.465 e. The minimum absolute atomic E-state index is 0.0745. The Morgan fingerprint density at radius 2 is 2.00 bits per heavy atom. The van der Waals surface area contributed by atoms with Gasteiger partial charge in [-0.3, -0.25) is 4.90 Å². The molecule has 88 valence electrons. The highest BCUT2D eigenvalue weighted by Gasteiger charge is 2.31. The highest BCUT2D eigenvalue weighted by atomic mass is 16.4. The van der Waals surface area contributed by atoms with Gasteiger partial charge in [-0.05, 0) is 33.1 Å². The van der Waals surface area contributed by atoms with Gasteiger partial charge in [0, 0.05) is 24.7 Å². The molecule has 0 unspecified atom stereocenters. The van der Waals surface area contributed by atoms with E-state index in [2.05, 4.69) is 37.9 Å². The number of likely N-dealkylation sites (tertiary alicyclic amines) is 1. The zero-order valence-electron chi connectivity index (χ0n) is 10.1. The Balaban J connectivity index is 2.59. The average molecular weight is 214 g/mol. The number of rotatable bonds is 1. The number of nitrogens with zero attached hydrogens (tertiary/aromatic N) is 1. The molecule has 0 saturated carbocycles. The zero-order valence-corrected chi connectivity index (χ0v) is 10.1. The van der Waals surface area contributed by atoms with Crippen LogP contribution in [0.15, 0.2) is 0 Å². The van der Waals surface area contributed by atoms with Crippen molar-refractivity contribution >= 4 is 6.09 Å². The predicted molar refractivity (Wildman–Crippen MR) is 60.1 cm³/mol. The van der Waals surface area contributed by atoms with Gasteiger partial charge < -0.3 is 10.4 Å². The summed E-state index contributed by atoms with van der Waals surface area (Å²) in [4.78, 5) is 12.9. The molecule has 1 amide bonds. The molecule has 0 spiro atoms. The Kier molecular flexibility index (Phi) is 3.60. The van der Waals surface area contributed by atoms with E-state index in [1.165, 1.54) is 0 Å². The second-order valence-electron chi connectivity index (χ2n) is 5.56. The third-order valence-corrected chi connectivity index (χ3v) is 2.94. The molecule has 0 aromatic rings. The summed E-state index contributed by atoms with van der Waals surface area (Å²) in [7, 11) is 0. The van der Waals surface area contributed by atoms with Gasteiger partial charge in [0.15, 0.2) is 0 Å². The molecular weight excluding hydrogens is 192 g/mol. The van der Waals surface area contributed by atoms with Crippen molar-refractivity contribution in [3.63, 3.8) is 0 Å². The monoisotopic (exact) mass is 214 g/mol. The first-order valence-corrected chi connectivity index (χ1v) is 5.53. The first-order valence-electron chi connectivity index (χ1n) is 5.53. The van der Waals surface area contributed by atoms with Crippen molar-refractivity contribution in [3.8, 4) is 0 Å². The van der Waals surface area contributed by atoms with E-state index in [0.29, 0.717) is 5.92 Å². The molecule has 1 aliphatic heterocycles. The highest BCUT2D eigenvalue weighted by molar-refractivity contribution is 5.64. The summed E-state index contributed by atoms with van der Waals surface area (Å²) in [5.74, 6) is 0.551. The summed E-state index contributed by atoms with van der Waals surface area (Å²) in [6.45, 7) is 10.6. The van der Waals surface area contributed by atoms with Crippen LogP contribution in [-0.4, -0.2) is 40.8 Å². The average Bonchev–Trinajstić information content (AvgIpc) is 1.99. The Morgan fingerprint density at radius 3 is 2.47 bits per heavy atom. The molecule has 0 bridgehead atoms. The largest absolute Gasteiger partial charge is 0.465 e. The predicted octanol–water partition coefficient (Wildman–Crippen LogP) is 1.76. The van der Waals surface area contributed by atoms with E-state index < -0.39 is 6.09 Å². The van der Waals surface area contributed by atoms with Crippen molar-refractivity contribution in [1.82, 2.24) is 10.2 Å². The smallest absolute Gasteiger partial charge is 0.404 e. The van der Waals surface area contributed by atoms with Crippen LogP contribution in [0.5, 0.6) is 0 Å². The number of carboxylic acid groups (broad SMARTS) is 1. The maximum atomic E-state index is 10.6. The lowest BCUT2D eigenvalue weighted by Gasteiger charge is -2.44. The van der Waals surface area contributed by atoms with Gasteiger partial charge in [0.1, 0.15) is 0 Å². The lowest BCUT2D eigenvalue weighted by Crippen LogP contribution is -2.55. The van der Waals surface area contributed by atoms with E-state index >= 15 is 0 Å². The van der Waals surface area contributed by atoms with Crippen LogP contribution in [0.2, 0.25) is 0 Å². The summed E-state index contributed by atoms with van der Waals surface area (Å²) >= 11 is 0. The fourth-order valence-electron chi connectivity index (χ4n) is 2.18. The van der Waals surface area contributed by atoms with Crippen LogP contribution in [0.3, 0.4) is 0 Å². The first kappa shape index (κ1) is 12.3. The molecule has 0 radical (unpaired) electrons. The quantitative estimate of drug-likeness (QED) is 0.699. The molecule has 1 rings (SSSR count). The summed E-state index contributed by atoms with van der Waals surface area (Å²) < 4.78 is 0. The van der Waals surface area contributed by atoms with Crippen LogP contribution >= 0.6 is 0 Å². The van der Waals surface area contributed by atoms with Crippen LogP contribution < -0.4 is 5.32 Å². The lowest BCUT2D eigenvalue weighted by atomic mass is 9.92. The zero-order chi connectivity index (χ0) is 11.6. The minimum atomic E-state index is -0.914. The maximum absolute atomic E-state index is 10.6. The van der Waals surface area contributed by atoms with Gasteiger partial charge in [-0.1, -0.05) is 6.92 Å². The summed E-state index contributed by atoms with van der Waals surface area (Å²) in [5, 5.41) is 11.3. The van der Waals surface area contributed by atoms with Crippen molar-refractivity contribution in [2.45, 2.75) is 45.7 Å². The molecule has 0 aromatic carbocycles. The fraction of sp³-hybridized carbons (Fsp3) is 0.909. The second-order valence-corrected chi connectivity index (χ2v) is 5.56. The number of amides is 1. The van der Waals surface area contributed by atoms with Gasteiger partial charge in [-0.25, -0.2) is 4.79 Å². The molecule has 0 aliphatic carbocycles. The molecule has 2 N–H and O–H groups in total. The molecule has 1 saturated heterocycles. The van der Waals surface area contributed by atoms with E-state index in [1.54, 1.807) is 0 Å². The standard InChI is InChI=1S/C11H22N2O2/c1-8-5-9(12-10(14)15)7-13(6-8)11(2,3)4/h8-9,12H,5-7H2,1-4H3,(H,14,15)/t8-,9-/m1/s1. The molecule has 1 aliphatic rings. The third-order valence-electron chi connectivity index (χ3n) is 2.94. The van der Waals surface area contributed by atoms with E-state index in [4.69, 9.17) is 5.11 Å². The van der Waals surface area contributed by atoms with Gasteiger partial charge in [-0.15, -0.1) is 0 Å². The van der Waals surface area contributed by atoms with Crippen molar-refractivity contribution in [2.24, 2.45) is 5.92 Å². The summed E-state index contributed by atoms with van der Waals surface area (Å²) in [6, 6.07) is 0.0745. The normalized spacial score (nSPS) is 28.8. The fourth-order valence-corrected chi connectivity index (χ4v) is 2.18. The van der Waals surface area contributed by atoms with Gasteiger partial charge >= 0.3 is 6.09 Å². The second kappa shape index (κ2) is 4.39. The third kappa shape index (κ3) is 3.70. The number of hydrogen-bond acceptors (Lipinski definition) is 2. The van der Waals surface area contributed by atoms with Crippen LogP contribution in [0.4, 0.5) is 4.79 Å². The van der Waals surface area contributed by atoms with E-state index in [1.807, 2.05) is 0 Å². The van der Waals surface area contributed by atoms with Crippen molar-refractivity contribution in [3.05, 3.63) is 0 Å². The number of nitrogens with one attached hydrogen (secondary N) is 1. The maximum Gasteiger partial charge on any atom is 0.404 e. The van der Waals surface area contributed by atoms with E-state index in [-0.39, 0.29) is 11.6 Å². The van der Waals surface area contributed by atoms with Crippen LogP contribution in [0.25, 0.3) is 0 Å². The summed E-state index contributed by atoms with van der Waals surface area (Å²) in [6.07, 6.45) is 0.0294. The molecule has 4 heteroatoms. The van der Waals surface area contributed by atoms with E-state index in [9.17, 15) is 4.79 Å². The Morgan fingerprint density at radius 1 is 1.40 bits per heavy atom. The van der Waals surface area contributed by atoms with Crippen molar-refractivity contribution < 1.29 is 9.90 Å². The van der Waals surface area contributed by atoms with Gasteiger partial charge in [0.05, 0.1) is 0 Å². The molecular formula is C11H22N2O2. The Hall–Kier alpha value is -0.770. The highest BCUT2D eigenvalue weighted by Crippen LogP contribution is 2.23. The van der Waals surface area contributed by atoms with Gasteiger partial charge in [-0.2, -0.15) is 0 Å². The Bertz CT molecular complexity index is 235. The molecule has 15 heavy (non-hydrogen) atoms. The SMILES string of the molecule is C[C@@H]1C[C@@H](NC(=O)O)CN(C(C)(C)C)C1. The molecule has 4 nitrogen and oxygen atoms in total.